The van der Waals surface area contributed by atoms with Gasteiger partial charge in [0, 0.05) is 0 Å². The fourth-order valence-electron chi connectivity index (χ4n) is 1.52. The highest BCUT2D eigenvalue weighted by atomic mass is 19.1. The van der Waals surface area contributed by atoms with Gasteiger partial charge in [0.1, 0.15) is 5.82 Å². The molecule has 0 heterocycles. The minimum Gasteiger partial charge on any atom is -0.207 e. The lowest BCUT2D eigenvalue weighted by Crippen LogP contribution is -1.96. The van der Waals surface area contributed by atoms with Crippen molar-refractivity contribution in [3.05, 3.63) is 42.1 Å². The lowest BCUT2D eigenvalue weighted by atomic mass is 10.00. The number of aryl methyl sites for hydroxylation is 1. The van der Waals surface area contributed by atoms with Crippen LogP contribution in [-0.2, 0) is 12.8 Å². The van der Waals surface area contributed by atoms with Crippen LogP contribution in [0.3, 0.4) is 0 Å². The van der Waals surface area contributed by atoms with Gasteiger partial charge in [-0.3, -0.25) is 0 Å². The summed E-state index contributed by atoms with van der Waals surface area (Å²) in [6.45, 7) is 5.82. The molecule has 1 heteroatoms. The second-order valence-electron chi connectivity index (χ2n) is 3.19. The van der Waals surface area contributed by atoms with E-state index in [-0.39, 0.29) is 5.82 Å². The van der Waals surface area contributed by atoms with Crippen molar-refractivity contribution in [2.45, 2.75) is 32.6 Å². The summed E-state index contributed by atoms with van der Waals surface area (Å²) < 4.78 is 13.3. The van der Waals surface area contributed by atoms with E-state index in [1.54, 1.807) is 6.07 Å². The standard InChI is InChI=1S/C12H16F/c1-3-5-8-11-10(4-2)7-6-9-12(11)13/h6-7,9H,1,3-5,8H2,2H3. The van der Waals surface area contributed by atoms with E-state index < -0.39 is 0 Å². The number of unbranched alkanes of at least 4 members (excludes halogenated alkanes) is 1. The monoisotopic (exact) mass is 179 g/mol. The van der Waals surface area contributed by atoms with E-state index in [2.05, 4.69) is 13.8 Å². The molecule has 0 saturated carbocycles. The topological polar surface area (TPSA) is 0 Å². The van der Waals surface area contributed by atoms with Gasteiger partial charge in [-0.05, 0) is 36.5 Å². The fourth-order valence-corrected chi connectivity index (χ4v) is 1.52. The molecule has 0 aliphatic carbocycles. The number of halogens is 1. The van der Waals surface area contributed by atoms with Crippen LogP contribution >= 0.6 is 0 Å². The van der Waals surface area contributed by atoms with Crippen molar-refractivity contribution >= 4 is 0 Å². The Labute approximate surface area is 79.8 Å². The highest BCUT2D eigenvalue weighted by Gasteiger charge is 2.05. The van der Waals surface area contributed by atoms with E-state index in [4.69, 9.17) is 0 Å². The van der Waals surface area contributed by atoms with Crippen LogP contribution in [-0.4, -0.2) is 0 Å². The maximum atomic E-state index is 13.3. The summed E-state index contributed by atoms with van der Waals surface area (Å²) in [5.74, 6) is -0.0622. The molecule has 71 valence electrons. The van der Waals surface area contributed by atoms with Gasteiger partial charge in [0.25, 0.3) is 0 Å². The highest BCUT2D eigenvalue weighted by Crippen LogP contribution is 2.16. The van der Waals surface area contributed by atoms with Crippen molar-refractivity contribution in [2.24, 2.45) is 0 Å². The molecule has 1 aromatic rings. The van der Waals surface area contributed by atoms with Crippen molar-refractivity contribution < 1.29 is 4.39 Å². The van der Waals surface area contributed by atoms with Crippen molar-refractivity contribution in [3.8, 4) is 0 Å². The third-order valence-corrected chi connectivity index (χ3v) is 2.27. The molecule has 0 bridgehead atoms. The van der Waals surface area contributed by atoms with E-state index in [0.29, 0.717) is 0 Å². The second-order valence-corrected chi connectivity index (χ2v) is 3.19. The van der Waals surface area contributed by atoms with Crippen LogP contribution in [0.5, 0.6) is 0 Å². The van der Waals surface area contributed by atoms with Crippen molar-refractivity contribution in [3.63, 3.8) is 0 Å². The lowest BCUT2D eigenvalue weighted by molar-refractivity contribution is 0.601. The molecule has 0 aromatic heterocycles. The van der Waals surface area contributed by atoms with Gasteiger partial charge in [0.05, 0.1) is 0 Å². The fraction of sp³-hybridized carbons (Fsp3) is 0.417. The lowest BCUT2D eigenvalue weighted by Gasteiger charge is -2.07. The van der Waals surface area contributed by atoms with Crippen LogP contribution in [0.25, 0.3) is 0 Å². The number of rotatable bonds is 4. The summed E-state index contributed by atoms with van der Waals surface area (Å²) in [5, 5.41) is 0. The van der Waals surface area contributed by atoms with Gasteiger partial charge in [-0.15, -0.1) is 0 Å². The molecule has 0 fully saturated rings. The van der Waals surface area contributed by atoms with E-state index in [0.717, 1.165) is 36.8 Å². The summed E-state index contributed by atoms with van der Waals surface area (Å²) >= 11 is 0. The molecule has 0 amide bonds. The first kappa shape index (κ1) is 10.2. The molecule has 1 aromatic carbocycles. The quantitative estimate of drug-likeness (QED) is 0.663. The number of hydrogen-bond donors (Lipinski definition) is 0. The first-order valence-electron chi connectivity index (χ1n) is 4.85. The Morgan fingerprint density at radius 2 is 2.15 bits per heavy atom. The Kier molecular flexibility index (Phi) is 3.94. The van der Waals surface area contributed by atoms with Gasteiger partial charge in [0.15, 0.2) is 0 Å². The Morgan fingerprint density at radius 1 is 1.38 bits per heavy atom. The zero-order valence-corrected chi connectivity index (χ0v) is 8.15. The van der Waals surface area contributed by atoms with Crippen LogP contribution in [0.4, 0.5) is 4.39 Å². The Balaban J connectivity index is 2.87. The van der Waals surface area contributed by atoms with Crippen LogP contribution in [0.15, 0.2) is 18.2 Å². The summed E-state index contributed by atoms with van der Waals surface area (Å²) in [6.07, 6.45) is 3.56. The predicted molar refractivity (Wildman–Crippen MR) is 54.1 cm³/mol. The van der Waals surface area contributed by atoms with Gasteiger partial charge in [-0.1, -0.05) is 32.4 Å². The molecule has 0 spiro atoms. The van der Waals surface area contributed by atoms with Crippen LogP contribution < -0.4 is 0 Å². The summed E-state index contributed by atoms with van der Waals surface area (Å²) in [7, 11) is 0. The molecular weight excluding hydrogens is 163 g/mol. The van der Waals surface area contributed by atoms with Crippen molar-refractivity contribution in [2.75, 3.05) is 0 Å². The summed E-state index contributed by atoms with van der Waals surface area (Å²) in [4.78, 5) is 0. The normalized spacial score (nSPS) is 10.4. The van der Waals surface area contributed by atoms with Crippen molar-refractivity contribution in [1.29, 1.82) is 0 Å². The molecule has 1 rings (SSSR count). The number of benzene rings is 1. The zero-order valence-electron chi connectivity index (χ0n) is 8.15. The van der Waals surface area contributed by atoms with Gasteiger partial charge >= 0.3 is 0 Å². The van der Waals surface area contributed by atoms with Crippen molar-refractivity contribution in [1.82, 2.24) is 0 Å². The van der Waals surface area contributed by atoms with Crippen LogP contribution in [0, 0.1) is 12.7 Å². The van der Waals surface area contributed by atoms with E-state index in [1.807, 2.05) is 6.07 Å². The average Bonchev–Trinajstić information content (AvgIpc) is 2.15. The van der Waals surface area contributed by atoms with Gasteiger partial charge in [-0.25, -0.2) is 4.39 Å². The van der Waals surface area contributed by atoms with E-state index >= 15 is 0 Å². The highest BCUT2D eigenvalue weighted by molar-refractivity contribution is 5.28. The molecule has 1 radical (unpaired) electrons. The maximum absolute atomic E-state index is 13.3. The Bertz CT molecular complexity index is 266. The molecule has 0 saturated heterocycles. The van der Waals surface area contributed by atoms with E-state index in [1.165, 1.54) is 6.07 Å². The van der Waals surface area contributed by atoms with E-state index in [9.17, 15) is 4.39 Å². The zero-order chi connectivity index (χ0) is 9.68. The third-order valence-electron chi connectivity index (χ3n) is 2.27. The van der Waals surface area contributed by atoms with Gasteiger partial charge < -0.3 is 0 Å². The molecule has 0 atom stereocenters. The SMILES string of the molecule is [CH2]CCCc1c(F)cccc1CC. The van der Waals surface area contributed by atoms with Gasteiger partial charge in [-0.2, -0.15) is 0 Å². The van der Waals surface area contributed by atoms with Crippen LogP contribution in [0.1, 0.15) is 30.9 Å². The first-order valence-corrected chi connectivity index (χ1v) is 4.85. The smallest absolute Gasteiger partial charge is 0.126 e. The number of hydrogen-bond acceptors (Lipinski definition) is 0. The molecule has 13 heavy (non-hydrogen) atoms. The minimum atomic E-state index is -0.0622. The minimum absolute atomic E-state index is 0.0622. The average molecular weight is 179 g/mol. The maximum Gasteiger partial charge on any atom is 0.126 e. The Hall–Kier alpha value is -0.850. The Morgan fingerprint density at radius 3 is 2.77 bits per heavy atom. The summed E-state index contributed by atoms with van der Waals surface area (Å²) in [6, 6.07) is 5.32. The largest absolute Gasteiger partial charge is 0.207 e. The third kappa shape index (κ3) is 2.55. The molecule has 0 unspecified atom stereocenters. The van der Waals surface area contributed by atoms with Crippen LogP contribution in [0.2, 0.25) is 0 Å². The molecule has 0 N–H and O–H groups in total. The van der Waals surface area contributed by atoms with Gasteiger partial charge in [0.2, 0.25) is 0 Å². The predicted octanol–water partition coefficient (Wildman–Crippen LogP) is 3.54. The summed E-state index contributed by atoms with van der Waals surface area (Å²) in [5.41, 5.74) is 2.02. The first-order chi connectivity index (χ1) is 6.29. The molecular formula is C12H16F. The molecule has 0 aliphatic heterocycles. The molecule has 0 aliphatic rings. The second kappa shape index (κ2) is 5.00. The molecule has 0 nitrogen and oxygen atoms in total.